The fourth-order valence-electron chi connectivity index (χ4n) is 3.43. The zero-order valence-electron chi connectivity index (χ0n) is 19.1. The van der Waals surface area contributed by atoms with Crippen LogP contribution < -0.4 is 10.6 Å². The number of carbonyl (C=O) groups is 1. The summed E-state index contributed by atoms with van der Waals surface area (Å²) in [5, 5.41) is 35.9. The van der Waals surface area contributed by atoms with Gasteiger partial charge in [-0.2, -0.15) is 5.26 Å². The zero-order chi connectivity index (χ0) is 26.4. The molecule has 0 saturated heterocycles. The van der Waals surface area contributed by atoms with E-state index in [-0.39, 0.29) is 28.6 Å². The highest BCUT2D eigenvalue weighted by atomic mass is 19.1. The second-order valence-electron chi connectivity index (χ2n) is 7.63. The molecule has 0 aliphatic rings. The van der Waals surface area contributed by atoms with Gasteiger partial charge in [-0.3, -0.25) is 10.1 Å². The standard InChI is InChI=1S/C25H18FN7O4/c26-18-7-5-17(6-8-18)23-21(24(34)35)22(16-3-1-15(13-27)2-4-16)31-25(32-23)29-12-11-28-20-10-9-19(14-30-20)33(36)37/h1-10,14H,11-12H2,(H,28,30)(H,34,35)(H,29,31,32). The summed E-state index contributed by atoms with van der Waals surface area (Å²) >= 11 is 0. The third kappa shape index (κ3) is 5.80. The number of nitrogens with one attached hydrogen (secondary N) is 2. The van der Waals surface area contributed by atoms with Crippen molar-refractivity contribution in [3.8, 4) is 28.6 Å². The fourth-order valence-corrected chi connectivity index (χ4v) is 3.43. The predicted molar refractivity (Wildman–Crippen MR) is 132 cm³/mol. The first kappa shape index (κ1) is 24.7. The van der Waals surface area contributed by atoms with Gasteiger partial charge in [0.2, 0.25) is 5.95 Å². The van der Waals surface area contributed by atoms with Crippen LogP contribution in [0.5, 0.6) is 0 Å². The van der Waals surface area contributed by atoms with Crippen molar-refractivity contribution >= 4 is 23.4 Å². The maximum absolute atomic E-state index is 13.5. The van der Waals surface area contributed by atoms with Crippen molar-refractivity contribution in [3.63, 3.8) is 0 Å². The molecule has 2 aromatic heterocycles. The molecule has 0 amide bonds. The molecule has 0 saturated carbocycles. The number of nitrogens with zero attached hydrogens (tertiary/aromatic N) is 5. The van der Waals surface area contributed by atoms with Crippen LogP contribution in [0.3, 0.4) is 0 Å². The predicted octanol–water partition coefficient (Wildman–Crippen LogP) is 4.35. The Balaban J connectivity index is 1.64. The summed E-state index contributed by atoms with van der Waals surface area (Å²) in [6, 6.07) is 16.4. The van der Waals surface area contributed by atoms with Crippen molar-refractivity contribution in [1.29, 1.82) is 5.26 Å². The molecule has 184 valence electrons. The van der Waals surface area contributed by atoms with Crippen molar-refractivity contribution in [1.82, 2.24) is 15.0 Å². The van der Waals surface area contributed by atoms with Gasteiger partial charge in [-0.15, -0.1) is 0 Å². The van der Waals surface area contributed by atoms with Crippen LogP contribution in [0.4, 0.5) is 21.8 Å². The van der Waals surface area contributed by atoms with Crippen LogP contribution in [0, 0.1) is 27.3 Å². The molecule has 37 heavy (non-hydrogen) atoms. The van der Waals surface area contributed by atoms with E-state index in [4.69, 9.17) is 5.26 Å². The van der Waals surface area contributed by atoms with Crippen LogP contribution in [0.1, 0.15) is 15.9 Å². The van der Waals surface area contributed by atoms with E-state index >= 15 is 0 Å². The summed E-state index contributed by atoms with van der Waals surface area (Å²) in [6.07, 6.45) is 1.14. The van der Waals surface area contributed by atoms with Crippen LogP contribution in [-0.2, 0) is 0 Å². The smallest absolute Gasteiger partial charge is 0.340 e. The van der Waals surface area contributed by atoms with Gasteiger partial charge in [0.15, 0.2) is 0 Å². The lowest BCUT2D eigenvalue weighted by Gasteiger charge is -2.14. The zero-order valence-corrected chi connectivity index (χ0v) is 19.1. The molecule has 4 rings (SSSR count). The second kappa shape index (κ2) is 10.9. The molecular weight excluding hydrogens is 481 g/mol. The molecule has 0 spiro atoms. The van der Waals surface area contributed by atoms with E-state index in [1.54, 1.807) is 24.3 Å². The number of anilines is 2. The Bertz CT molecular complexity index is 1490. The highest BCUT2D eigenvalue weighted by Gasteiger charge is 2.23. The van der Waals surface area contributed by atoms with Crippen molar-refractivity contribution in [3.05, 3.63) is 93.9 Å². The largest absolute Gasteiger partial charge is 0.478 e. The third-order valence-corrected chi connectivity index (χ3v) is 5.20. The Kier molecular flexibility index (Phi) is 7.25. The quantitative estimate of drug-likeness (QED) is 0.171. The van der Waals surface area contributed by atoms with Gasteiger partial charge in [0.1, 0.15) is 23.4 Å². The van der Waals surface area contributed by atoms with Crippen molar-refractivity contribution < 1.29 is 19.2 Å². The summed E-state index contributed by atoms with van der Waals surface area (Å²) in [5.74, 6) is -1.19. The van der Waals surface area contributed by atoms with Crippen LogP contribution in [0.2, 0.25) is 0 Å². The maximum Gasteiger partial charge on any atom is 0.340 e. The lowest BCUT2D eigenvalue weighted by atomic mass is 9.99. The highest BCUT2D eigenvalue weighted by molar-refractivity contribution is 6.01. The first-order valence-corrected chi connectivity index (χ1v) is 10.9. The van der Waals surface area contributed by atoms with E-state index < -0.39 is 16.7 Å². The van der Waals surface area contributed by atoms with E-state index in [9.17, 15) is 24.4 Å². The molecule has 0 bridgehead atoms. The van der Waals surface area contributed by atoms with Gasteiger partial charge in [0.25, 0.3) is 5.69 Å². The second-order valence-corrected chi connectivity index (χ2v) is 7.63. The molecule has 0 fully saturated rings. The van der Waals surface area contributed by atoms with E-state index in [2.05, 4.69) is 25.6 Å². The number of nitro groups is 1. The van der Waals surface area contributed by atoms with Crippen LogP contribution >= 0.6 is 0 Å². The van der Waals surface area contributed by atoms with Crippen LogP contribution in [-0.4, -0.2) is 44.0 Å². The maximum atomic E-state index is 13.5. The summed E-state index contributed by atoms with van der Waals surface area (Å²) in [6.45, 7) is 0.633. The summed E-state index contributed by atoms with van der Waals surface area (Å²) in [5.41, 5.74) is 1.16. The molecule has 0 aliphatic carbocycles. The molecule has 4 aromatic rings. The molecular formula is C25H18FN7O4. The number of rotatable bonds is 9. The number of carboxylic acid groups (broad SMARTS) is 1. The topological polar surface area (TPSA) is 167 Å². The van der Waals surface area contributed by atoms with E-state index in [0.29, 0.717) is 35.6 Å². The molecule has 2 aromatic carbocycles. The van der Waals surface area contributed by atoms with E-state index in [1.165, 1.54) is 36.4 Å². The first-order chi connectivity index (χ1) is 17.9. The normalized spacial score (nSPS) is 10.4. The van der Waals surface area contributed by atoms with Gasteiger partial charge in [-0.1, -0.05) is 12.1 Å². The molecule has 0 atom stereocenters. The number of aromatic carboxylic acids is 1. The minimum atomic E-state index is -1.27. The molecule has 11 nitrogen and oxygen atoms in total. The number of nitriles is 1. The van der Waals surface area contributed by atoms with E-state index in [1.807, 2.05) is 6.07 Å². The average Bonchev–Trinajstić information content (AvgIpc) is 2.91. The average molecular weight is 499 g/mol. The van der Waals surface area contributed by atoms with Gasteiger partial charge in [0, 0.05) is 30.3 Å². The Morgan fingerprint density at radius 3 is 2.08 bits per heavy atom. The lowest BCUT2D eigenvalue weighted by Crippen LogP contribution is -2.17. The number of hydrogen-bond donors (Lipinski definition) is 3. The molecule has 2 heterocycles. The lowest BCUT2D eigenvalue weighted by molar-refractivity contribution is -0.385. The Labute approximate surface area is 209 Å². The monoisotopic (exact) mass is 499 g/mol. The number of hydrogen-bond acceptors (Lipinski definition) is 9. The summed E-state index contributed by atoms with van der Waals surface area (Å²) in [7, 11) is 0. The van der Waals surface area contributed by atoms with Crippen molar-refractivity contribution in [2.45, 2.75) is 0 Å². The van der Waals surface area contributed by atoms with Crippen LogP contribution in [0.25, 0.3) is 22.5 Å². The van der Waals surface area contributed by atoms with Crippen molar-refractivity contribution in [2.24, 2.45) is 0 Å². The van der Waals surface area contributed by atoms with Gasteiger partial charge < -0.3 is 15.7 Å². The Morgan fingerprint density at radius 2 is 1.57 bits per heavy atom. The minimum absolute atomic E-state index is 0.0920. The molecule has 0 radical (unpaired) electrons. The number of halogens is 1. The van der Waals surface area contributed by atoms with Crippen LogP contribution in [0.15, 0.2) is 66.9 Å². The number of pyridine rings is 1. The number of benzene rings is 2. The Hall–Kier alpha value is -5.44. The van der Waals surface area contributed by atoms with Gasteiger partial charge in [-0.05, 0) is 42.5 Å². The van der Waals surface area contributed by atoms with Gasteiger partial charge in [-0.25, -0.2) is 24.1 Å². The third-order valence-electron chi connectivity index (χ3n) is 5.20. The van der Waals surface area contributed by atoms with Gasteiger partial charge in [0.05, 0.1) is 27.9 Å². The summed E-state index contributed by atoms with van der Waals surface area (Å²) in [4.78, 5) is 35.3. The number of aromatic nitrogens is 3. The molecule has 3 N–H and O–H groups in total. The van der Waals surface area contributed by atoms with E-state index in [0.717, 1.165) is 6.20 Å². The molecule has 0 aliphatic heterocycles. The summed E-state index contributed by atoms with van der Waals surface area (Å²) < 4.78 is 13.5. The molecule has 0 unspecified atom stereocenters. The molecule has 12 heteroatoms. The van der Waals surface area contributed by atoms with Crippen molar-refractivity contribution in [2.75, 3.05) is 23.7 Å². The Morgan fingerprint density at radius 1 is 0.973 bits per heavy atom. The minimum Gasteiger partial charge on any atom is -0.478 e. The first-order valence-electron chi connectivity index (χ1n) is 10.9. The highest BCUT2D eigenvalue weighted by Crippen LogP contribution is 2.31. The fraction of sp³-hybridized carbons (Fsp3) is 0.0800. The SMILES string of the molecule is N#Cc1ccc(-c2nc(NCCNc3ccc([N+](=O)[O-])cn3)nc(-c3ccc(F)cc3)c2C(=O)O)cc1. The van der Waals surface area contributed by atoms with Gasteiger partial charge >= 0.3 is 5.97 Å². The number of carboxylic acids is 1.